The Labute approximate surface area is 202 Å². The van der Waals surface area contributed by atoms with E-state index in [0.29, 0.717) is 52.6 Å². The summed E-state index contributed by atoms with van der Waals surface area (Å²) in [6, 6.07) is 10.4. The van der Waals surface area contributed by atoms with E-state index in [4.69, 9.17) is 18.9 Å². The maximum atomic E-state index is 12.5. The van der Waals surface area contributed by atoms with Crippen molar-refractivity contribution < 1.29 is 28.5 Å². The second-order valence-corrected chi connectivity index (χ2v) is 7.72. The fourth-order valence-corrected chi connectivity index (χ4v) is 3.81. The zero-order valence-electron chi connectivity index (χ0n) is 19.5. The van der Waals surface area contributed by atoms with E-state index in [2.05, 4.69) is 15.6 Å². The summed E-state index contributed by atoms with van der Waals surface area (Å²) in [4.78, 5) is 29.3. The van der Waals surface area contributed by atoms with Crippen molar-refractivity contribution in [1.29, 1.82) is 0 Å². The molecule has 2 aromatic carbocycles. The molecule has 0 saturated carbocycles. The van der Waals surface area contributed by atoms with E-state index in [-0.39, 0.29) is 6.54 Å². The van der Waals surface area contributed by atoms with E-state index >= 15 is 0 Å². The first-order chi connectivity index (χ1) is 16.5. The van der Waals surface area contributed by atoms with Crippen molar-refractivity contribution in [3.8, 4) is 34.3 Å². The van der Waals surface area contributed by atoms with Gasteiger partial charge in [0, 0.05) is 16.5 Å². The van der Waals surface area contributed by atoms with Crippen LogP contribution in [-0.2, 0) is 4.79 Å². The number of methoxy groups -OCH3 is 2. The van der Waals surface area contributed by atoms with Gasteiger partial charge in [-0.25, -0.2) is 4.98 Å². The van der Waals surface area contributed by atoms with Gasteiger partial charge in [0.15, 0.2) is 28.1 Å². The first-order valence-corrected chi connectivity index (χ1v) is 11.5. The third-order valence-corrected chi connectivity index (χ3v) is 5.40. The van der Waals surface area contributed by atoms with Gasteiger partial charge in [0.25, 0.3) is 5.91 Å². The number of benzene rings is 2. The lowest BCUT2D eigenvalue weighted by atomic mass is 10.1. The van der Waals surface area contributed by atoms with E-state index in [1.165, 1.54) is 11.3 Å². The summed E-state index contributed by atoms with van der Waals surface area (Å²) in [6.45, 7) is 4.43. The Kier molecular flexibility index (Phi) is 8.69. The molecule has 2 amide bonds. The lowest BCUT2D eigenvalue weighted by molar-refractivity contribution is -0.115. The van der Waals surface area contributed by atoms with Crippen LogP contribution < -0.4 is 29.6 Å². The standard InChI is InChI=1S/C24H27N3O6S/c1-5-32-19-10-8-16(12-21(19)33-6-2)23(29)25-13-22(28)27-24-26-17(14-34-24)15-7-9-18(30-3)20(11-15)31-4/h7-12,14H,5-6,13H2,1-4H3,(H,25,29)(H,26,27,28). The number of carbonyl (C=O) groups excluding carboxylic acids is 2. The molecule has 0 spiro atoms. The Morgan fingerprint density at radius 1 is 0.912 bits per heavy atom. The van der Waals surface area contributed by atoms with Gasteiger partial charge in [-0.05, 0) is 50.2 Å². The van der Waals surface area contributed by atoms with Gasteiger partial charge in [0.1, 0.15) is 0 Å². The first kappa shape index (κ1) is 24.8. The maximum absolute atomic E-state index is 12.5. The molecule has 9 nitrogen and oxygen atoms in total. The smallest absolute Gasteiger partial charge is 0.251 e. The molecule has 0 aliphatic heterocycles. The average molecular weight is 486 g/mol. The molecule has 0 atom stereocenters. The van der Waals surface area contributed by atoms with Crippen molar-refractivity contribution in [3.63, 3.8) is 0 Å². The van der Waals surface area contributed by atoms with Gasteiger partial charge < -0.3 is 29.6 Å². The van der Waals surface area contributed by atoms with Crippen LogP contribution in [0, 0.1) is 0 Å². The van der Waals surface area contributed by atoms with Crippen LogP contribution in [0.15, 0.2) is 41.8 Å². The molecule has 3 aromatic rings. The molecule has 0 fully saturated rings. The molecule has 34 heavy (non-hydrogen) atoms. The summed E-state index contributed by atoms with van der Waals surface area (Å²) < 4.78 is 21.6. The Morgan fingerprint density at radius 2 is 1.62 bits per heavy atom. The highest BCUT2D eigenvalue weighted by Gasteiger charge is 2.14. The molecular weight excluding hydrogens is 458 g/mol. The number of aromatic nitrogens is 1. The van der Waals surface area contributed by atoms with Gasteiger partial charge >= 0.3 is 0 Å². The first-order valence-electron chi connectivity index (χ1n) is 10.6. The van der Waals surface area contributed by atoms with Gasteiger partial charge in [-0.15, -0.1) is 11.3 Å². The number of rotatable bonds is 11. The van der Waals surface area contributed by atoms with Crippen molar-refractivity contribution in [2.75, 3.05) is 39.3 Å². The van der Waals surface area contributed by atoms with Gasteiger partial charge in [-0.2, -0.15) is 0 Å². The molecule has 0 aliphatic rings. The highest BCUT2D eigenvalue weighted by atomic mass is 32.1. The van der Waals surface area contributed by atoms with Gasteiger partial charge in [-0.1, -0.05) is 0 Å². The summed E-state index contributed by atoms with van der Waals surface area (Å²) in [5.41, 5.74) is 1.87. The topological polar surface area (TPSA) is 108 Å². The number of carbonyl (C=O) groups is 2. The van der Waals surface area contributed by atoms with Gasteiger partial charge in [0.05, 0.1) is 39.7 Å². The van der Waals surface area contributed by atoms with Crippen LogP contribution in [-0.4, -0.2) is 50.8 Å². The number of nitrogens with one attached hydrogen (secondary N) is 2. The fraction of sp³-hybridized carbons (Fsp3) is 0.292. The van der Waals surface area contributed by atoms with Crippen LogP contribution in [0.2, 0.25) is 0 Å². The lowest BCUT2D eigenvalue weighted by Gasteiger charge is -2.12. The number of nitrogens with zero attached hydrogens (tertiary/aromatic N) is 1. The molecule has 10 heteroatoms. The Bertz CT molecular complexity index is 1150. The van der Waals surface area contributed by atoms with Crippen LogP contribution >= 0.6 is 11.3 Å². The summed E-state index contributed by atoms with van der Waals surface area (Å²) in [5, 5.41) is 7.55. The molecule has 0 radical (unpaired) electrons. The highest BCUT2D eigenvalue weighted by molar-refractivity contribution is 7.14. The van der Waals surface area contributed by atoms with E-state index in [1.54, 1.807) is 38.5 Å². The predicted octanol–water partition coefficient (Wildman–Crippen LogP) is 3.99. The van der Waals surface area contributed by atoms with Crippen molar-refractivity contribution in [2.24, 2.45) is 0 Å². The van der Waals surface area contributed by atoms with E-state index < -0.39 is 11.8 Å². The lowest BCUT2D eigenvalue weighted by Crippen LogP contribution is -2.32. The normalized spacial score (nSPS) is 10.4. The zero-order chi connectivity index (χ0) is 24.5. The van der Waals surface area contributed by atoms with E-state index in [9.17, 15) is 9.59 Å². The molecule has 180 valence electrons. The maximum Gasteiger partial charge on any atom is 0.251 e. The Hall–Kier alpha value is -3.79. The number of amides is 2. The minimum atomic E-state index is -0.399. The summed E-state index contributed by atoms with van der Waals surface area (Å²) in [6.07, 6.45) is 0. The quantitative estimate of drug-likeness (QED) is 0.423. The van der Waals surface area contributed by atoms with Crippen LogP contribution in [0.5, 0.6) is 23.0 Å². The van der Waals surface area contributed by atoms with Crippen molar-refractivity contribution in [3.05, 3.63) is 47.3 Å². The minimum Gasteiger partial charge on any atom is -0.493 e. The van der Waals surface area contributed by atoms with Crippen molar-refractivity contribution >= 4 is 28.3 Å². The molecule has 0 unspecified atom stereocenters. The SMILES string of the molecule is CCOc1ccc(C(=O)NCC(=O)Nc2nc(-c3ccc(OC)c(OC)c3)cs2)cc1OCC. The number of ether oxygens (including phenoxy) is 4. The third-order valence-electron chi connectivity index (χ3n) is 4.64. The van der Waals surface area contributed by atoms with E-state index in [1.807, 2.05) is 31.4 Å². The van der Waals surface area contributed by atoms with Gasteiger partial charge in [-0.3, -0.25) is 9.59 Å². The zero-order valence-corrected chi connectivity index (χ0v) is 20.3. The molecule has 0 bridgehead atoms. The number of anilines is 1. The monoisotopic (exact) mass is 485 g/mol. The largest absolute Gasteiger partial charge is 0.493 e. The second-order valence-electron chi connectivity index (χ2n) is 6.87. The van der Waals surface area contributed by atoms with Gasteiger partial charge in [0.2, 0.25) is 5.91 Å². The molecule has 0 aliphatic carbocycles. The molecule has 3 rings (SSSR count). The number of hydrogen-bond donors (Lipinski definition) is 2. The Morgan fingerprint density at radius 3 is 2.32 bits per heavy atom. The molecular formula is C24H27N3O6S. The van der Waals surface area contributed by atoms with Crippen LogP contribution in [0.4, 0.5) is 5.13 Å². The van der Waals surface area contributed by atoms with Crippen LogP contribution in [0.25, 0.3) is 11.3 Å². The molecule has 1 aromatic heterocycles. The minimum absolute atomic E-state index is 0.207. The summed E-state index contributed by atoms with van der Waals surface area (Å²) >= 11 is 1.28. The van der Waals surface area contributed by atoms with Crippen molar-refractivity contribution in [1.82, 2.24) is 10.3 Å². The third kappa shape index (κ3) is 6.16. The molecule has 1 heterocycles. The van der Waals surface area contributed by atoms with Crippen LogP contribution in [0.3, 0.4) is 0 Å². The van der Waals surface area contributed by atoms with Crippen LogP contribution in [0.1, 0.15) is 24.2 Å². The summed E-state index contributed by atoms with van der Waals surface area (Å²) in [7, 11) is 3.13. The van der Waals surface area contributed by atoms with Crippen molar-refractivity contribution in [2.45, 2.75) is 13.8 Å². The number of hydrogen-bond acceptors (Lipinski definition) is 8. The second kappa shape index (κ2) is 11.9. The molecule has 2 N–H and O–H groups in total. The summed E-state index contributed by atoms with van der Waals surface area (Å²) in [5.74, 6) is 1.45. The average Bonchev–Trinajstić information content (AvgIpc) is 3.31. The fourth-order valence-electron chi connectivity index (χ4n) is 3.08. The number of thiazole rings is 1. The predicted molar refractivity (Wildman–Crippen MR) is 130 cm³/mol. The molecule has 0 saturated heterocycles. The highest BCUT2D eigenvalue weighted by Crippen LogP contribution is 2.33. The Balaban J connectivity index is 1.59. The van der Waals surface area contributed by atoms with E-state index in [0.717, 1.165) is 5.56 Å².